The van der Waals surface area contributed by atoms with Crippen molar-refractivity contribution in [2.45, 2.75) is 26.7 Å². The Hall–Kier alpha value is -2.35. The molecule has 1 aliphatic rings. The van der Waals surface area contributed by atoms with Gasteiger partial charge in [0.1, 0.15) is 0 Å². The molecule has 1 aromatic rings. The number of benzene rings is 1. The fraction of sp³-hybridized carbons (Fsp3) is 0.211. The molecule has 0 aromatic heterocycles. The maximum atomic E-state index is 10.5. The van der Waals surface area contributed by atoms with Gasteiger partial charge in [0.05, 0.1) is 0 Å². The molecule has 0 amide bonds. The van der Waals surface area contributed by atoms with Crippen molar-refractivity contribution in [1.29, 1.82) is 0 Å². The summed E-state index contributed by atoms with van der Waals surface area (Å²) in [5, 5.41) is 8.65. The van der Waals surface area contributed by atoms with Crippen LogP contribution in [0.5, 0.6) is 0 Å². The predicted octanol–water partition coefficient (Wildman–Crippen LogP) is 4.55. The number of rotatable bonds is 4. The highest BCUT2D eigenvalue weighted by molar-refractivity contribution is 5.81. The van der Waals surface area contributed by atoms with Crippen LogP contribution < -0.4 is 0 Å². The number of hydrogen-bond acceptors (Lipinski definition) is 1. The molecule has 0 aliphatic heterocycles. The summed E-state index contributed by atoms with van der Waals surface area (Å²) in [5.74, 6) is -0.913. The first kappa shape index (κ1) is 15.0. The van der Waals surface area contributed by atoms with E-state index in [2.05, 4.69) is 37.3 Å². The quantitative estimate of drug-likeness (QED) is 0.649. The summed E-state index contributed by atoms with van der Waals surface area (Å²) in [6.45, 7) is 3.88. The lowest BCUT2D eigenvalue weighted by Crippen LogP contribution is -1.99. The molecule has 0 fully saturated rings. The van der Waals surface area contributed by atoms with E-state index in [4.69, 9.17) is 5.11 Å². The molecule has 1 aliphatic carbocycles. The predicted molar refractivity (Wildman–Crippen MR) is 87.0 cm³/mol. The fourth-order valence-electron chi connectivity index (χ4n) is 2.44. The zero-order valence-electron chi connectivity index (χ0n) is 12.5. The number of fused-ring (bicyclic) bond motifs is 1. The topological polar surface area (TPSA) is 37.3 Å². The minimum Gasteiger partial charge on any atom is -0.478 e. The molecule has 0 saturated heterocycles. The highest BCUT2D eigenvalue weighted by Gasteiger charge is 2.10. The van der Waals surface area contributed by atoms with Crippen LogP contribution in [0.15, 0.2) is 65.3 Å². The molecule has 0 atom stereocenters. The van der Waals surface area contributed by atoms with E-state index < -0.39 is 5.97 Å². The number of carboxylic acid groups (broad SMARTS) is 1. The van der Waals surface area contributed by atoms with Crippen LogP contribution in [0.2, 0.25) is 0 Å². The van der Waals surface area contributed by atoms with Crippen LogP contribution >= 0.6 is 0 Å². The van der Waals surface area contributed by atoms with Crippen LogP contribution in [0.25, 0.3) is 6.08 Å². The number of carbonyl (C=O) groups is 1. The van der Waals surface area contributed by atoms with Gasteiger partial charge in [-0.05, 0) is 54.5 Å². The van der Waals surface area contributed by atoms with Crippen molar-refractivity contribution in [2.24, 2.45) is 0 Å². The Morgan fingerprint density at radius 3 is 2.71 bits per heavy atom. The van der Waals surface area contributed by atoms with Gasteiger partial charge in [-0.15, -0.1) is 0 Å². The van der Waals surface area contributed by atoms with Gasteiger partial charge < -0.3 is 5.11 Å². The van der Waals surface area contributed by atoms with Crippen LogP contribution in [-0.2, 0) is 11.2 Å². The first-order valence-corrected chi connectivity index (χ1v) is 7.11. The molecule has 0 heterocycles. The lowest BCUT2D eigenvalue weighted by atomic mass is 9.89. The second kappa shape index (κ2) is 6.89. The van der Waals surface area contributed by atoms with E-state index in [1.165, 1.54) is 28.3 Å². The first-order chi connectivity index (χ1) is 10.1. The maximum absolute atomic E-state index is 10.5. The summed E-state index contributed by atoms with van der Waals surface area (Å²) >= 11 is 0. The minimum absolute atomic E-state index is 0.731. The van der Waals surface area contributed by atoms with Gasteiger partial charge in [0, 0.05) is 6.08 Å². The van der Waals surface area contributed by atoms with E-state index in [-0.39, 0.29) is 0 Å². The molecule has 108 valence electrons. The number of aliphatic carboxylic acids is 1. The van der Waals surface area contributed by atoms with Gasteiger partial charge in [0.2, 0.25) is 0 Å². The minimum atomic E-state index is -0.913. The average Bonchev–Trinajstić information content (AvgIpc) is 2.45. The van der Waals surface area contributed by atoms with Crippen molar-refractivity contribution in [3.63, 3.8) is 0 Å². The van der Waals surface area contributed by atoms with Crippen molar-refractivity contribution in [3.8, 4) is 0 Å². The molecule has 0 saturated carbocycles. The molecule has 2 rings (SSSR count). The summed E-state index contributed by atoms with van der Waals surface area (Å²) < 4.78 is 0. The van der Waals surface area contributed by atoms with Crippen molar-refractivity contribution in [2.75, 3.05) is 0 Å². The monoisotopic (exact) mass is 280 g/mol. The smallest absolute Gasteiger partial charge is 0.328 e. The van der Waals surface area contributed by atoms with Crippen molar-refractivity contribution in [3.05, 3.63) is 76.4 Å². The van der Waals surface area contributed by atoms with E-state index in [9.17, 15) is 4.79 Å². The van der Waals surface area contributed by atoms with E-state index in [0.717, 1.165) is 18.4 Å². The number of allylic oxidation sites excluding steroid dienone is 6. The highest BCUT2D eigenvalue weighted by atomic mass is 16.4. The van der Waals surface area contributed by atoms with Crippen molar-refractivity contribution >= 4 is 12.0 Å². The summed E-state index contributed by atoms with van der Waals surface area (Å²) in [6, 6.07) is 8.48. The molecule has 0 radical (unpaired) electrons. The second-order valence-corrected chi connectivity index (χ2v) is 5.30. The molecule has 21 heavy (non-hydrogen) atoms. The van der Waals surface area contributed by atoms with Crippen molar-refractivity contribution in [1.82, 2.24) is 0 Å². The standard InChI is InChI=1S/C19H20O2/c1-14(12-19(20)21)6-5-7-15(2)17-11-10-16-8-3-4-9-18(16)13-17/h3-9,12-13H,10-11H2,1-2H3,(H,20,21)/b6-5+,14-12+,15-7-. The summed E-state index contributed by atoms with van der Waals surface area (Å²) in [4.78, 5) is 10.5. The maximum Gasteiger partial charge on any atom is 0.328 e. The molecule has 2 heteroatoms. The van der Waals surface area contributed by atoms with Gasteiger partial charge >= 0.3 is 5.97 Å². The Labute approximate surface area is 125 Å². The summed E-state index contributed by atoms with van der Waals surface area (Å²) in [7, 11) is 0. The third kappa shape index (κ3) is 4.32. The van der Waals surface area contributed by atoms with Crippen LogP contribution in [0, 0.1) is 0 Å². The summed E-state index contributed by atoms with van der Waals surface area (Å²) in [6.07, 6.45) is 11.3. The molecule has 2 nitrogen and oxygen atoms in total. The number of hydrogen-bond donors (Lipinski definition) is 1. The SMILES string of the molecule is C/C(=C/C=C/C(C)=C/C(=O)O)C1=Cc2ccccc2CC1. The zero-order chi connectivity index (χ0) is 15.2. The van der Waals surface area contributed by atoms with Crippen molar-refractivity contribution < 1.29 is 9.90 Å². The number of carboxylic acids is 1. The third-order valence-electron chi connectivity index (χ3n) is 3.61. The fourth-order valence-corrected chi connectivity index (χ4v) is 2.44. The lowest BCUT2D eigenvalue weighted by Gasteiger charge is -2.16. The van der Waals surface area contributed by atoms with Crippen LogP contribution in [0.3, 0.4) is 0 Å². The van der Waals surface area contributed by atoms with Crippen LogP contribution in [0.1, 0.15) is 31.4 Å². The Bertz CT molecular complexity index is 658. The molecular formula is C19H20O2. The van der Waals surface area contributed by atoms with Gasteiger partial charge in [0.25, 0.3) is 0 Å². The van der Waals surface area contributed by atoms with E-state index in [1.54, 1.807) is 6.92 Å². The number of aryl methyl sites for hydroxylation is 1. The Balaban J connectivity index is 2.12. The van der Waals surface area contributed by atoms with Gasteiger partial charge in [-0.1, -0.05) is 48.6 Å². The normalized spacial score (nSPS) is 15.8. The molecule has 0 bridgehead atoms. The van der Waals surface area contributed by atoms with Gasteiger partial charge in [-0.2, -0.15) is 0 Å². The van der Waals surface area contributed by atoms with E-state index in [0.29, 0.717) is 0 Å². The zero-order valence-corrected chi connectivity index (χ0v) is 12.5. The molecule has 1 aromatic carbocycles. The largest absolute Gasteiger partial charge is 0.478 e. The molecular weight excluding hydrogens is 260 g/mol. The Morgan fingerprint density at radius 2 is 1.95 bits per heavy atom. The van der Waals surface area contributed by atoms with Gasteiger partial charge in [-0.25, -0.2) is 4.79 Å². The Kier molecular flexibility index (Phi) is 4.94. The first-order valence-electron chi connectivity index (χ1n) is 7.11. The van der Waals surface area contributed by atoms with E-state index >= 15 is 0 Å². The molecule has 0 spiro atoms. The summed E-state index contributed by atoms with van der Waals surface area (Å²) in [5.41, 5.74) is 6.01. The highest BCUT2D eigenvalue weighted by Crippen LogP contribution is 2.27. The van der Waals surface area contributed by atoms with Crippen LogP contribution in [0.4, 0.5) is 0 Å². The Morgan fingerprint density at radius 1 is 1.19 bits per heavy atom. The molecule has 1 N–H and O–H groups in total. The van der Waals surface area contributed by atoms with Crippen LogP contribution in [-0.4, -0.2) is 11.1 Å². The second-order valence-electron chi connectivity index (χ2n) is 5.30. The van der Waals surface area contributed by atoms with E-state index in [1.807, 2.05) is 18.2 Å². The third-order valence-corrected chi connectivity index (χ3v) is 3.61. The lowest BCUT2D eigenvalue weighted by molar-refractivity contribution is -0.131. The molecule has 0 unspecified atom stereocenters. The average molecular weight is 280 g/mol. The van der Waals surface area contributed by atoms with Gasteiger partial charge in [-0.3, -0.25) is 0 Å². The van der Waals surface area contributed by atoms with Gasteiger partial charge in [0.15, 0.2) is 0 Å².